The van der Waals surface area contributed by atoms with Gasteiger partial charge in [-0.2, -0.15) is 0 Å². The van der Waals surface area contributed by atoms with E-state index in [-0.39, 0.29) is 18.1 Å². The van der Waals surface area contributed by atoms with E-state index >= 15 is 0 Å². The van der Waals surface area contributed by atoms with Crippen LogP contribution in [0.25, 0.3) is 0 Å². The molecule has 2 aromatic rings. The summed E-state index contributed by atoms with van der Waals surface area (Å²) in [6.45, 7) is 7.02. The number of rotatable bonds is 8. The van der Waals surface area contributed by atoms with E-state index in [0.29, 0.717) is 0 Å². The predicted octanol–water partition coefficient (Wildman–Crippen LogP) is 4.38. The van der Waals surface area contributed by atoms with Gasteiger partial charge in [0, 0.05) is 33.7 Å². The predicted molar refractivity (Wildman–Crippen MR) is 117 cm³/mol. The first-order valence-corrected chi connectivity index (χ1v) is 10.9. The molecule has 4 rings (SSSR count). The number of nitrogens with one attached hydrogen (secondary N) is 1. The summed E-state index contributed by atoms with van der Waals surface area (Å²) in [6.07, 6.45) is 2.65. The molecule has 160 valence electrons. The number of methoxy groups -OCH3 is 1. The van der Waals surface area contributed by atoms with Gasteiger partial charge < -0.3 is 14.8 Å². The van der Waals surface area contributed by atoms with Crippen molar-refractivity contribution in [1.82, 2.24) is 10.2 Å². The smallest absolute Gasteiger partial charge is 0.217 e. The van der Waals surface area contributed by atoms with E-state index in [9.17, 15) is 4.79 Å². The third kappa shape index (κ3) is 5.21. The summed E-state index contributed by atoms with van der Waals surface area (Å²) >= 11 is 0. The van der Waals surface area contributed by atoms with Crippen LogP contribution in [-0.2, 0) is 22.6 Å². The number of hydrogen-bond donors (Lipinski definition) is 1. The molecule has 0 spiro atoms. The van der Waals surface area contributed by atoms with Crippen molar-refractivity contribution >= 4 is 5.91 Å². The monoisotopic (exact) mass is 408 g/mol. The molecular weight excluding hydrogens is 376 g/mol. The second-order valence-corrected chi connectivity index (χ2v) is 8.67. The molecule has 2 aliphatic rings. The lowest BCUT2D eigenvalue weighted by Crippen LogP contribution is -2.34. The Labute approximate surface area is 179 Å². The molecule has 1 amide bonds. The van der Waals surface area contributed by atoms with Crippen LogP contribution >= 0.6 is 0 Å². The molecule has 2 atom stereocenters. The average Bonchev–Trinajstić information content (AvgIpc) is 3.56. The van der Waals surface area contributed by atoms with Crippen LogP contribution < -0.4 is 10.1 Å². The Balaban J connectivity index is 1.40. The Hall–Kier alpha value is -2.37. The number of amides is 1. The summed E-state index contributed by atoms with van der Waals surface area (Å²) in [5.74, 6) is 1.70. The van der Waals surface area contributed by atoms with Crippen LogP contribution in [0.4, 0.5) is 0 Å². The highest BCUT2D eigenvalue weighted by Gasteiger charge is 2.27. The second-order valence-electron chi connectivity index (χ2n) is 8.67. The van der Waals surface area contributed by atoms with Crippen molar-refractivity contribution in [1.29, 1.82) is 0 Å². The van der Waals surface area contributed by atoms with Crippen LogP contribution in [0.3, 0.4) is 0 Å². The van der Waals surface area contributed by atoms with Crippen LogP contribution in [0.15, 0.2) is 42.5 Å². The third-order valence-corrected chi connectivity index (χ3v) is 6.06. The molecule has 1 saturated carbocycles. The number of nitrogens with zero attached hydrogens (tertiary/aromatic N) is 1. The van der Waals surface area contributed by atoms with Crippen LogP contribution in [0.1, 0.15) is 61.1 Å². The van der Waals surface area contributed by atoms with Crippen LogP contribution in [0, 0.1) is 5.92 Å². The van der Waals surface area contributed by atoms with E-state index in [0.717, 1.165) is 43.5 Å². The SMILES string of the molecule is CO[C@H]1CN(Cc2ccc([C@H](C)NC(C)=O)cc2)Cc2ccc(OCC3CC3)cc21. The second kappa shape index (κ2) is 9.19. The zero-order chi connectivity index (χ0) is 21.1. The molecule has 1 aliphatic carbocycles. The van der Waals surface area contributed by atoms with Gasteiger partial charge >= 0.3 is 0 Å². The van der Waals surface area contributed by atoms with Crippen LogP contribution in [0.2, 0.25) is 0 Å². The minimum Gasteiger partial charge on any atom is -0.493 e. The maximum atomic E-state index is 11.3. The lowest BCUT2D eigenvalue weighted by Gasteiger charge is -2.34. The maximum Gasteiger partial charge on any atom is 0.217 e. The van der Waals surface area contributed by atoms with Crippen molar-refractivity contribution in [2.45, 2.75) is 51.9 Å². The van der Waals surface area contributed by atoms with Crippen molar-refractivity contribution in [3.8, 4) is 5.75 Å². The number of carbonyl (C=O) groups excluding carboxylic acids is 1. The summed E-state index contributed by atoms with van der Waals surface area (Å²) in [5, 5.41) is 2.93. The van der Waals surface area contributed by atoms with Gasteiger partial charge in [0.2, 0.25) is 5.91 Å². The Kier molecular flexibility index (Phi) is 6.40. The molecule has 0 radical (unpaired) electrons. The normalized spacial score (nSPS) is 19.8. The van der Waals surface area contributed by atoms with Gasteiger partial charge in [-0.1, -0.05) is 30.3 Å². The van der Waals surface area contributed by atoms with Gasteiger partial charge in [0.25, 0.3) is 0 Å². The maximum absolute atomic E-state index is 11.3. The lowest BCUT2D eigenvalue weighted by molar-refractivity contribution is -0.119. The molecule has 0 bridgehead atoms. The molecule has 5 nitrogen and oxygen atoms in total. The number of carbonyl (C=O) groups is 1. The Morgan fingerprint density at radius 2 is 1.97 bits per heavy atom. The van der Waals surface area contributed by atoms with Crippen molar-refractivity contribution in [3.05, 3.63) is 64.7 Å². The number of hydrogen-bond acceptors (Lipinski definition) is 4. The number of fused-ring (bicyclic) bond motifs is 1. The van der Waals surface area contributed by atoms with Gasteiger partial charge in [0.15, 0.2) is 0 Å². The topological polar surface area (TPSA) is 50.8 Å². The molecule has 30 heavy (non-hydrogen) atoms. The first-order chi connectivity index (χ1) is 14.5. The van der Waals surface area contributed by atoms with E-state index in [1.54, 1.807) is 14.0 Å². The molecular formula is C25H32N2O3. The molecule has 1 heterocycles. The third-order valence-electron chi connectivity index (χ3n) is 6.06. The van der Waals surface area contributed by atoms with Gasteiger partial charge in [-0.25, -0.2) is 0 Å². The van der Waals surface area contributed by atoms with Gasteiger partial charge in [-0.15, -0.1) is 0 Å². The zero-order valence-electron chi connectivity index (χ0n) is 18.2. The van der Waals surface area contributed by atoms with Crippen molar-refractivity contribution in [2.75, 3.05) is 20.3 Å². The van der Waals surface area contributed by atoms with E-state index in [1.165, 1.54) is 29.5 Å². The molecule has 2 aromatic carbocycles. The summed E-state index contributed by atoms with van der Waals surface area (Å²) in [6, 6.07) is 15.0. The van der Waals surface area contributed by atoms with E-state index < -0.39 is 0 Å². The first-order valence-electron chi connectivity index (χ1n) is 10.9. The summed E-state index contributed by atoms with van der Waals surface area (Å²) in [7, 11) is 1.79. The van der Waals surface area contributed by atoms with Gasteiger partial charge in [0.1, 0.15) is 5.75 Å². The molecule has 1 fully saturated rings. The molecule has 0 unspecified atom stereocenters. The number of ether oxygens (including phenoxy) is 2. The van der Waals surface area contributed by atoms with Crippen molar-refractivity contribution < 1.29 is 14.3 Å². The highest BCUT2D eigenvalue weighted by Crippen LogP contribution is 2.34. The minimum atomic E-state index is -0.00902. The lowest BCUT2D eigenvalue weighted by atomic mass is 9.96. The Morgan fingerprint density at radius 1 is 1.20 bits per heavy atom. The summed E-state index contributed by atoms with van der Waals surface area (Å²) in [5.41, 5.74) is 4.94. The van der Waals surface area contributed by atoms with Crippen molar-refractivity contribution in [3.63, 3.8) is 0 Å². The fourth-order valence-corrected chi connectivity index (χ4v) is 4.12. The average molecular weight is 409 g/mol. The molecule has 5 heteroatoms. The van der Waals surface area contributed by atoms with Gasteiger partial charge in [-0.05, 0) is 60.1 Å². The van der Waals surface area contributed by atoms with Gasteiger partial charge in [0.05, 0.1) is 18.8 Å². The molecule has 0 saturated heterocycles. The minimum absolute atomic E-state index is 0.00902. The fourth-order valence-electron chi connectivity index (χ4n) is 4.12. The molecule has 1 aliphatic heterocycles. The first kappa shape index (κ1) is 20.9. The highest BCUT2D eigenvalue weighted by atomic mass is 16.5. The summed E-state index contributed by atoms with van der Waals surface area (Å²) < 4.78 is 11.8. The van der Waals surface area contributed by atoms with E-state index in [4.69, 9.17) is 9.47 Å². The van der Waals surface area contributed by atoms with E-state index in [1.807, 2.05) is 6.92 Å². The van der Waals surface area contributed by atoms with Crippen LogP contribution in [-0.4, -0.2) is 31.1 Å². The highest BCUT2D eigenvalue weighted by molar-refractivity contribution is 5.73. The fraction of sp³-hybridized carbons (Fsp3) is 0.480. The Bertz CT molecular complexity index is 876. The zero-order valence-corrected chi connectivity index (χ0v) is 18.2. The molecule has 1 N–H and O–H groups in total. The van der Waals surface area contributed by atoms with E-state index in [2.05, 4.69) is 52.7 Å². The standard InChI is InChI=1S/C25H32N2O3/c1-17(26-18(2)28)21-8-6-19(7-9-21)13-27-14-22-10-11-23(30-16-20-4-5-20)12-24(22)25(15-27)29-3/h6-12,17,20,25H,4-5,13-16H2,1-3H3,(H,26,28)/t17-,25-/m0/s1. The van der Waals surface area contributed by atoms with Crippen molar-refractivity contribution in [2.24, 2.45) is 5.92 Å². The molecule has 0 aromatic heterocycles. The number of benzene rings is 2. The van der Waals surface area contributed by atoms with Crippen LogP contribution in [0.5, 0.6) is 5.75 Å². The largest absolute Gasteiger partial charge is 0.493 e. The summed E-state index contributed by atoms with van der Waals surface area (Å²) in [4.78, 5) is 13.7. The Morgan fingerprint density at radius 3 is 2.63 bits per heavy atom. The quantitative estimate of drug-likeness (QED) is 0.704. The van der Waals surface area contributed by atoms with Gasteiger partial charge in [-0.3, -0.25) is 9.69 Å².